The van der Waals surface area contributed by atoms with Gasteiger partial charge < -0.3 is 4.90 Å². The van der Waals surface area contributed by atoms with E-state index >= 15 is 0 Å². The molecule has 1 aromatic rings. The summed E-state index contributed by atoms with van der Waals surface area (Å²) in [7, 11) is 2.15. The minimum atomic E-state index is -0.201. The van der Waals surface area contributed by atoms with Crippen LogP contribution in [0.2, 0.25) is 0 Å². The predicted molar refractivity (Wildman–Crippen MR) is 73.5 cm³/mol. The largest absolute Gasteiger partial charge is 0.304 e. The third-order valence-electron chi connectivity index (χ3n) is 3.37. The van der Waals surface area contributed by atoms with Crippen LogP contribution in [-0.4, -0.2) is 48.9 Å². The van der Waals surface area contributed by atoms with E-state index in [0.717, 1.165) is 32.7 Å². The summed E-state index contributed by atoms with van der Waals surface area (Å²) in [5.74, 6) is 4.95. The number of hydrogen-bond donors (Lipinski definition) is 2. The van der Waals surface area contributed by atoms with E-state index in [9.17, 15) is 4.79 Å². The zero-order valence-corrected chi connectivity index (χ0v) is 11.7. The highest BCUT2D eigenvalue weighted by atomic mass is 32.1. The molecule has 0 bridgehead atoms. The first-order chi connectivity index (χ1) is 8.60. The average Bonchev–Trinajstić information content (AvgIpc) is 2.73. The number of piperazine rings is 1. The Kier molecular flexibility index (Phi) is 4.34. The van der Waals surface area contributed by atoms with E-state index in [-0.39, 0.29) is 5.91 Å². The zero-order chi connectivity index (χ0) is 13.1. The van der Waals surface area contributed by atoms with Crippen LogP contribution in [-0.2, 0) is 6.54 Å². The van der Waals surface area contributed by atoms with Gasteiger partial charge in [0.2, 0.25) is 0 Å². The molecule has 0 aromatic carbocycles. The Morgan fingerprint density at radius 2 is 2.11 bits per heavy atom. The van der Waals surface area contributed by atoms with Crippen LogP contribution >= 0.6 is 11.3 Å². The fourth-order valence-electron chi connectivity index (χ4n) is 2.11. The van der Waals surface area contributed by atoms with Gasteiger partial charge in [0.05, 0.1) is 4.88 Å². The summed E-state index contributed by atoms with van der Waals surface area (Å²) in [5.41, 5.74) is 3.42. The van der Waals surface area contributed by atoms with Crippen LogP contribution in [0.3, 0.4) is 0 Å². The van der Waals surface area contributed by atoms with Gasteiger partial charge in [0.1, 0.15) is 0 Å². The molecule has 18 heavy (non-hydrogen) atoms. The van der Waals surface area contributed by atoms with Crippen LogP contribution in [0.15, 0.2) is 6.07 Å². The molecule has 100 valence electrons. The normalized spacial score (nSPS) is 17.9. The van der Waals surface area contributed by atoms with Gasteiger partial charge in [0.15, 0.2) is 0 Å². The Balaban J connectivity index is 2.01. The van der Waals surface area contributed by atoms with Gasteiger partial charge in [0.25, 0.3) is 5.91 Å². The Morgan fingerprint density at radius 3 is 2.72 bits per heavy atom. The number of carbonyl (C=O) groups excluding carboxylic acids is 1. The molecule has 0 spiro atoms. The van der Waals surface area contributed by atoms with Crippen molar-refractivity contribution in [2.24, 2.45) is 5.84 Å². The highest BCUT2D eigenvalue weighted by molar-refractivity contribution is 7.14. The summed E-state index contributed by atoms with van der Waals surface area (Å²) in [6.45, 7) is 7.38. The van der Waals surface area contributed by atoms with Crippen molar-refractivity contribution in [1.82, 2.24) is 15.2 Å². The molecule has 0 atom stereocenters. The Hall–Kier alpha value is -0.950. The maximum absolute atomic E-state index is 11.5. The third kappa shape index (κ3) is 3.08. The highest BCUT2D eigenvalue weighted by Gasteiger charge is 2.17. The molecule has 0 saturated carbocycles. The first kappa shape index (κ1) is 13.5. The highest BCUT2D eigenvalue weighted by Crippen LogP contribution is 2.23. The molecule has 1 aromatic heterocycles. The van der Waals surface area contributed by atoms with Gasteiger partial charge in [-0.2, -0.15) is 0 Å². The SMILES string of the molecule is Cc1sc(C(=O)NN)cc1CN1CCN(C)CC1. The van der Waals surface area contributed by atoms with Crippen molar-refractivity contribution < 1.29 is 4.79 Å². The average molecular weight is 268 g/mol. The standard InChI is InChI=1S/C12H20N4OS/c1-9-10(7-11(18-9)12(17)14-13)8-16-5-3-15(2)4-6-16/h7H,3-6,8,13H2,1-2H3,(H,14,17). The van der Waals surface area contributed by atoms with Gasteiger partial charge in [-0.15, -0.1) is 11.3 Å². The molecular formula is C12H20N4OS. The van der Waals surface area contributed by atoms with Gasteiger partial charge in [-0.3, -0.25) is 15.1 Å². The molecule has 5 nitrogen and oxygen atoms in total. The third-order valence-corrected chi connectivity index (χ3v) is 4.46. The van der Waals surface area contributed by atoms with Crippen molar-refractivity contribution in [1.29, 1.82) is 0 Å². The molecule has 1 saturated heterocycles. The predicted octanol–water partition coefficient (Wildman–Crippen LogP) is 0.407. The van der Waals surface area contributed by atoms with E-state index in [1.807, 2.05) is 6.07 Å². The van der Waals surface area contributed by atoms with Crippen molar-refractivity contribution in [2.75, 3.05) is 33.2 Å². The van der Waals surface area contributed by atoms with E-state index in [0.29, 0.717) is 4.88 Å². The first-order valence-corrected chi connectivity index (χ1v) is 6.93. The quantitative estimate of drug-likeness (QED) is 0.473. The maximum Gasteiger partial charge on any atom is 0.275 e. The number of nitrogens with two attached hydrogens (primary N) is 1. The lowest BCUT2D eigenvalue weighted by Crippen LogP contribution is -2.43. The molecule has 2 rings (SSSR count). The molecule has 3 N–H and O–H groups in total. The number of nitrogens with one attached hydrogen (secondary N) is 1. The van der Waals surface area contributed by atoms with E-state index < -0.39 is 0 Å². The van der Waals surface area contributed by atoms with Crippen molar-refractivity contribution in [3.05, 3.63) is 21.4 Å². The van der Waals surface area contributed by atoms with Gasteiger partial charge in [-0.1, -0.05) is 0 Å². The number of nitrogen functional groups attached to an aromatic ring is 1. The number of thiophene rings is 1. The minimum absolute atomic E-state index is 0.201. The van der Waals surface area contributed by atoms with Crippen LogP contribution < -0.4 is 11.3 Å². The molecular weight excluding hydrogens is 248 g/mol. The number of carbonyl (C=O) groups is 1. The summed E-state index contributed by atoms with van der Waals surface area (Å²) in [4.78, 5) is 18.1. The molecule has 6 heteroatoms. The van der Waals surface area contributed by atoms with Crippen LogP contribution in [0.5, 0.6) is 0 Å². The Morgan fingerprint density at radius 1 is 1.44 bits per heavy atom. The van der Waals surface area contributed by atoms with Crippen LogP contribution in [0.1, 0.15) is 20.1 Å². The van der Waals surface area contributed by atoms with Gasteiger partial charge in [0, 0.05) is 37.6 Å². The second-order valence-corrected chi connectivity index (χ2v) is 6.00. The zero-order valence-electron chi connectivity index (χ0n) is 10.9. The summed E-state index contributed by atoms with van der Waals surface area (Å²) in [5, 5.41) is 0. The topological polar surface area (TPSA) is 61.6 Å². The number of aryl methyl sites for hydroxylation is 1. The summed E-state index contributed by atoms with van der Waals surface area (Å²) >= 11 is 1.51. The summed E-state index contributed by atoms with van der Waals surface area (Å²) in [6, 6.07) is 1.96. The smallest absolute Gasteiger partial charge is 0.275 e. The van der Waals surface area contributed by atoms with Gasteiger partial charge in [-0.05, 0) is 25.6 Å². The minimum Gasteiger partial charge on any atom is -0.304 e. The summed E-state index contributed by atoms with van der Waals surface area (Å²) in [6.07, 6.45) is 0. The van der Waals surface area contributed by atoms with E-state index in [1.165, 1.54) is 21.8 Å². The lowest BCUT2D eigenvalue weighted by atomic mass is 10.2. The number of nitrogens with zero attached hydrogens (tertiary/aromatic N) is 2. The molecule has 0 unspecified atom stereocenters. The Bertz CT molecular complexity index is 424. The van der Waals surface area contributed by atoms with E-state index in [1.54, 1.807) is 0 Å². The second kappa shape index (κ2) is 5.79. The summed E-state index contributed by atoms with van der Waals surface area (Å²) < 4.78 is 0. The Labute approximate surface area is 112 Å². The number of hydrogen-bond acceptors (Lipinski definition) is 5. The molecule has 1 amide bonds. The molecule has 2 heterocycles. The number of amides is 1. The van der Waals surface area contributed by atoms with Crippen molar-refractivity contribution in [2.45, 2.75) is 13.5 Å². The van der Waals surface area contributed by atoms with Crippen molar-refractivity contribution >= 4 is 17.2 Å². The van der Waals surface area contributed by atoms with Crippen LogP contribution in [0.25, 0.3) is 0 Å². The fourth-order valence-corrected chi connectivity index (χ4v) is 3.04. The van der Waals surface area contributed by atoms with Crippen molar-refractivity contribution in [3.63, 3.8) is 0 Å². The maximum atomic E-state index is 11.5. The van der Waals surface area contributed by atoms with Gasteiger partial charge >= 0.3 is 0 Å². The van der Waals surface area contributed by atoms with Crippen LogP contribution in [0, 0.1) is 6.92 Å². The molecule has 1 aliphatic heterocycles. The molecule has 0 radical (unpaired) electrons. The van der Waals surface area contributed by atoms with Crippen LogP contribution in [0.4, 0.5) is 0 Å². The lowest BCUT2D eigenvalue weighted by molar-refractivity contribution is 0.0957. The second-order valence-electron chi connectivity index (χ2n) is 4.74. The molecule has 1 fully saturated rings. The van der Waals surface area contributed by atoms with E-state index in [4.69, 9.17) is 5.84 Å². The molecule has 0 aliphatic carbocycles. The van der Waals surface area contributed by atoms with Crippen molar-refractivity contribution in [3.8, 4) is 0 Å². The lowest BCUT2D eigenvalue weighted by Gasteiger charge is -2.32. The van der Waals surface area contributed by atoms with E-state index in [2.05, 4.69) is 29.2 Å². The number of hydrazine groups is 1. The number of likely N-dealkylation sites (N-methyl/N-ethyl adjacent to an activating group) is 1. The first-order valence-electron chi connectivity index (χ1n) is 6.11. The monoisotopic (exact) mass is 268 g/mol. The van der Waals surface area contributed by atoms with Gasteiger partial charge in [-0.25, -0.2) is 5.84 Å². The number of rotatable bonds is 3. The molecule has 1 aliphatic rings. The fraction of sp³-hybridized carbons (Fsp3) is 0.583.